The molecule has 0 aliphatic rings. The fraction of sp³-hybridized carbons (Fsp3) is 0.896. The normalized spacial score (nSPS) is 12.3. The van der Waals surface area contributed by atoms with Gasteiger partial charge in [-0.1, -0.05) is 378 Å². The first kappa shape index (κ1) is 80.1. The third kappa shape index (κ3) is 70.6. The molecule has 0 radical (unpaired) electrons. The zero-order valence-corrected chi connectivity index (χ0v) is 55.8. The van der Waals surface area contributed by atoms with Crippen LogP contribution >= 0.6 is 0 Å². The van der Waals surface area contributed by atoms with Gasteiger partial charge in [0.05, 0.1) is 6.61 Å². The second-order valence-electron chi connectivity index (χ2n) is 25.7. The van der Waals surface area contributed by atoms with E-state index in [9.17, 15) is 14.7 Å². The maximum atomic E-state index is 12.4. The Morgan fingerprint density at radius 1 is 0.280 bits per heavy atom. The number of hydrogen-bond acceptors (Lipinski definition) is 5. The Morgan fingerprint density at radius 3 is 0.732 bits per heavy atom. The molecule has 0 aromatic heterocycles. The summed E-state index contributed by atoms with van der Waals surface area (Å²) < 4.78 is 10.8. The summed E-state index contributed by atoms with van der Waals surface area (Å²) in [5.74, 6) is -0.563. The number of carbonyl (C=O) groups excluding carboxylic acids is 2. The van der Waals surface area contributed by atoms with Crippen molar-refractivity contribution in [2.75, 3.05) is 13.2 Å². The smallest absolute Gasteiger partial charge is 0.306 e. The van der Waals surface area contributed by atoms with Crippen molar-refractivity contribution in [3.8, 4) is 0 Å². The van der Waals surface area contributed by atoms with Gasteiger partial charge >= 0.3 is 11.9 Å². The van der Waals surface area contributed by atoms with Crippen LogP contribution in [0.25, 0.3) is 0 Å². The lowest BCUT2D eigenvalue weighted by molar-refractivity contribution is -0.161. The first-order valence-corrected chi connectivity index (χ1v) is 37.5. The molecule has 1 atom stereocenters. The summed E-state index contributed by atoms with van der Waals surface area (Å²) in [6, 6.07) is 0. The summed E-state index contributed by atoms with van der Waals surface area (Å²) in [7, 11) is 0. The lowest BCUT2D eigenvalue weighted by atomic mass is 10.0. The van der Waals surface area contributed by atoms with E-state index in [4.69, 9.17) is 9.47 Å². The summed E-state index contributed by atoms with van der Waals surface area (Å²) >= 11 is 0. The Balaban J connectivity index is 3.36. The third-order valence-electron chi connectivity index (χ3n) is 17.4. The predicted molar refractivity (Wildman–Crippen MR) is 362 cm³/mol. The molecule has 1 N–H and O–H groups in total. The highest BCUT2D eigenvalue weighted by molar-refractivity contribution is 5.70. The van der Waals surface area contributed by atoms with Gasteiger partial charge < -0.3 is 14.6 Å². The van der Waals surface area contributed by atoms with E-state index in [0.717, 1.165) is 38.5 Å². The van der Waals surface area contributed by atoms with E-state index < -0.39 is 6.10 Å². The van der Waals surface area contributed by atoms with Gasteiger partial charge in [-0.05, 0) is 70.6 Å². The molecule has 5 heteroatoms. The van der Waals surface area contributed by atoms with Crippen LogP contribution in [0, 0.1) is 0 Å². The van der Waals surface area contributed by atoms with Gasteiger partial charge in [0.1, 0.15) is 6.61 Å². The molecule has 484 valence electrons. The zero-order chi connectivity index (χ0) is 59.1. The summed E-state index contributed by atoms with van der Waals surface area (Å²) in [6.45, 7) is 4.20. The number of aliphatic hydroxyl groups excluding tert-OH is 1. The second kappa shape index (κ2) is 73.4. The molecule has 0 fully saturated rings. The molecule has 5 nitrogen and oxygen atoms in total. The zero-order valence-electron chi connectivity index (χ0n) is 55.8. The molecule has 0 bridgehead atoms. The van der Waals surface area contributed by atoms with Crippen LogP contribution in [0.15, 0.2) is 36.5 Å². The number of rotatable bonds is 71. The average Bonchev–Trinajstić information content (AvgIpc) is 3.49. The third-order valence-corrected chi connectivity index (χ3v) is 17.4. The minimum Gasteiger partial charge on any atom is -0.462 e. The number of ether oxygens (including phenoxy) is 2. The van der Waals surface area contributed by atoms with Crippen LogP contribution in [-0.4, -0.2) is 36.4 Å². The Morgan fingerprint density at radius 2 is 0.488 bits per heavy atom. The first-order valence-electron chi connectivity index (χ1n) is 37.5. The van der Waals surface area contributed by atoms with Crippen LogP contribution in [-0.2, 0) is 19.1 Å². The number of hydrogen-bond donors (Lipinski definition) is 1. The highest BCUT2D eigenvalue weighted by Crippen LogP contribution is 2.19. The Bertz CT molecular complexity index is 1300. The van der Waals surface area contributed by atoms with E-state index in [1.165, 1.54) is 360 Å². The molecule has 0 aliphatic heterocycles. The number of esters is 2. The van der Waals surface area contributed by atoms with Gasteiger partial charge in [0.15, 0.2) is 6.10 Å². The van der Waals surface area contributed by atoms with Crippen LogP contribution < -0.4 is 0 Å². The van der Waals surface area contributed by atoms with Crippen molar-refractivity contribution in [1.82, 2.24) is 0 Å². The molecule has 0 heterocycles. The summed E-state index contributed by atoms with van der Waals surface area (Å²) in [4.78, 5) is 24.7. The van der Waals surface area contributed by atoms with Gasteiger partial charge in [0, 0.05) is 12.8 Å². The van der Waals surface area contributed by atoms with Gasteiger partial charge in [-0.15, -0.1) is 0 Å². The van der Waals surface area contributed by atoms with Crippen molar-refractivity contribution in [3.05, 3.63) is 36.5 Å². The van der Waals surface area contributed by atoms with Crippen molar-refractivity contribution >= 4 is 11.9 Å². The molecular formula is C77H146O5. The monoisotopic (exact) mass is 1150 g/mol. The molecule has 82 heavy (non-hydrogen) atoms. The molecule has 0 rings (SSSR count). The highest BCUT2D eigenvalue weighted by Gasteiger charge is 2.16. The standard InChI is InChI=1S/C77H146O5/c1-3-5-7-9-11-13-15-17-19-21-23-25-27-29-31-33-34-35-36-37-38-39-40-41-42-44-46-48-50-52-54-56-58-60-62-64-66-68-70-72-77(80)82-75(73-78)74-81-76(79)71-69-67-65-63-61-59-57-55-53-51-49-47-45-43-32-30-28-26-24-22-20-18-16-14-12-10-8-6-4-2/h15,17,21-24,75,78H,3-14,16,18-20,25-74H2,1-2H3/b17-15-,23-21-,24-22-. The van der Waals surface area contributed by atoms with E-state index in [2.05, 4.69) is 50.3 Å². The molecule has 0 amide bonds. The van der Waals surface area contributed by atoms with Crippen molar-refractivity contribution in [1.29, 1.82) is 0 Å². The summed E-state index contributed by atoms with van der Waals surface area (Å²) in [5.41, 5.74) is 0. The molecule has 0 spiro atoms. The maximum Gasteiger partial charge on any atom is 0.306 e. The van der Waals surface area contributed by atoms with Crippen molar-refractivity contribution < 1.29 is 24.2 Å². The lowest BCUT2D eigenvalue weighted by Gasteiger charge is -2.15. The van der Waals surface area contributed by atoms with Gasteiger partial charge in [0.25, 0.3) is 0 Å². The Hall–Kier alpha value is -1.88. The van der Waals surface area contributed by atoms with Crippen LogP contribution in [0.3, 0.4) is 0 Å². The fourth-order valence-electron chi connectivity index (χ4n) is 11.8. The van der Waals surface area contributed by atoms with Crippen LogP contribution in [0.4, 0.5) is 0 Å². The highest BCUT2D eigenvalue weighted by atomic mass is 16.6. The number of carbonyl (C=O) groups is 2. The van der Waals surface area contributed by atoms with E-state index in [-0.39, 0.29) is 25.2 Å². The Kier molecular flexibility index (Phi) is 71.7. The molecule has 0 aromatic carbocycles. The number of unbranched alkanes of at least 4 members (excludes halogenated alkanes) is 57. The van der Waals surface area contributed by atoms with E-state index in [0.29, 0.717) is 12.8 Å². The molecule has 1 unspecified atom stereocenters. The average molecular weight is 1150 g/mol. The second-order valence-corrected chi connectivity index (χ2v) is 25.7. The first-order chi connectivity index (χ1) is 40.6. The summed E-state index contributed by atoms with van der Waals surface area (Å²) in [5, 5.41) is 9.71. The van der Waals surface area contributed by atoms with Gasteiger partial charge in [-0.25, -0.2) is 0 Å². The fourth-order valence-corrected chi connectivity index (χ4v) is 11.8. The minimum absolute atomic E-state index is 0.0585. The van der Waals surface area contributed by atoms with Gasteiger partial charge in [-0.3, -0.25) is 9.59 Å². The van der Waals surface area contributed by atoms with Crippen LogP contribution in [0.1, 0.15) is 425 Å². The quantitative estimate of drug-likeness (QED) is 0.0373. The minimum atomic E-state index is -0.769. The van der Waals surface area contributed by atoms with Crippen LogP contribution in [0.2, 0.25) is 0 Å². The maximum absolute atomic E-state index is 12.4. The largest absolute Gasteiger partial charge is 0.462 e. The molecule has 0 saturated carbocycles. The predicted octanol–water partition coefficient (Wildman–Crippen LogP) is 26.1. The topological polar surface area (TPSA) is 72.8 Å². The van der Waals surface area contributed by atoms with Gasteiger partial charge in [0.2, 0.25) is 0 Å². The molecule has 0 aromatic rings. The Labute approximate surface area is 514 Å². The number of allylic oxidation sites excluding steroid dienone is 6. The van der Waals surface area contributed by atoms with E-state index in [1.54, 1.807) is 0 Å². The van der Waals surface area contributed by atoms with E-state index in [1.807, 2.05) is 0 Å². The SMILES string of the molecule is CCCCCCC/C=C\C/C=C\CCCCCCCCCCCCCCCCCCCCCCCCCCCCCC(=O)OC(CO)COC(=O)CCCCCCCCCCCCCCCCCCC/C=C\CCCCCCCCCC. The molecule has 0 saturated heterocycles. The summed E-state index contributed by atoms with van der Waals surface area (Å²) in [6.07, 6.45) is 97.9. The van der Waals surface area contributed by atoms with Crippen molar-refractivity contribution in [2.45, 2.75) is 431 Å². The lowest BCUT2D eigenvalue weighted by Crippen LogP contribution is -2.28. The van der Waals surface area contributed by atoms with Crippen LogP contribution in [0.5, 0.6) is 0 Å². The van der Waals surface area contributed by atoms with Crippen molar-refractivity contribution in [2.24, 2.45) is 0 Å². The molecule has 0 aliphatic carbocycles. The molecular weight excluding hydrogens is 1000 g/mol. The van der Waals surface area contributed by atoms with Gasteiger partial charge in [-0.2, -0.15) is 0 Å². The number of aliphatic hydroxyl groups is 1. The van der Waals surface area contributed by atoms with E-state index >= 15 is 0 Å². The van der Waals surface area contributed by atoms with Crippen molar-refractivity contribution in [3.63, 3.8) is 0 Å².